The average molecular weight is 311 g/mol. The molecule has 116 valence electrons. The van der Waals surface area contributed by atoms with Gasteiger partial charge in [-0.3, -0.25) is 4.79 Å². The number of morpholine rings is 1. The molecule has 1 aromatic rings. The molecule has 1 N–H and O–H groups in total. The number of nitrogens with zero attached hydrogens (tertiary/aromatic N) is 1. The van der Waals surface area contributed by atoms with Crippen molar-refractivity contribution in [1.82, 2.24) is 5.32 Å². The van der Waals surface area contributed by atoms with Gasteiger partial charge in [-0.25, -0.2) is 0 Å². The second-order valence-electron chi connectivity index (χ2n) is 5.56. The Hall–Kier alpha value is -1.10. The van der Waals surface area contributed by atoms with Gasteiger partial charge in [0.25, 0.3) is 0 Å². The fourth-order valence-corrected chi connectivity index (χ4v) is 3.02. The van der Waals surface area contributed by atoms with Crippen LogP contribution >= 0.6 is 12.4 Å². The van der Waals surface area contributed by atoms with Crippen LogP contribution in [-0.2, 0) is 16.0 Å². The standard InChI is InChI=1S/C16H22N2O2.ClH/c19-16(11-14-12-20-10-8-17-14)18-9-4-3-6-13-5-1-2-7-15(13)18;/h1-2,5,7,14,17H,3-4,6,8-12H2;1H. The maximum atomic E-state index is 12.6. The van der Waals surface area contributed by atoms with E-state index < -0.39 is 0 Å². The summed E-state index contributed by atoms with van der Waals surface area (Å²) >= 11 is 0. The van der Waals surface area contributed by atoms with E-state index in [4.69, 9.17) is 4.74 Å². The number of benzene rings is 1. The third-order valence-corrected chi connectivity index (χ3v) is 4.08. The zero-order chi connectivity index (χ0) is 13.8. The molecule has 2 heterocycles. The quantitative estimate of drug-likeness (QED) is 0.910. The van der Waals surface area contributed by atoms with Crippen LogP contribution in [0, 0.1) is 0 Å². The van der Waals surface area contributed by atoms with Crippen LogP contribution in [0.2, 0.25) is 0 Å². The number of hydrogen-bond donors (Lipinski definition) is 1. The van der Waals surface area contributed by atoms with Gasteiger partial charge < -0.3 is 15.0 Å². The Kier molecular flexibility index (Phi) is 6.03. The van der Waals surface area contributed by atoms with Gasteiger partial charge in [0, 0.05) is 31.2 Å². The maximum absolute atomic E-state index is 12.6. The number of aryl methyl sites for hydroxylation is 1. The highest BCUT2D eigenvalue weighted by atomic mass is 35.5. The largest absolute Gasteiger partial charge is 0.378 e. The highest BCUT2D eigenvalue weighted by molar-refractivity contribution is 5.94. The Morgan fingerprint density at radius 2 is 2.19 bits per heavy atom. The minimum Gasteiger partial charge on any atom is -0.378 e. The zero-order valence-corrected chi connectivity index (χ0v) is 13.0. The van der Waals surface area contributed by atoms with Gasteiger partial charge in [-0.2, -0.15) is 0 Å². The van der Waals surface area contributed by atoms with E-state index in [0.717, 1.165) is 44.6 Å². The topological polar surface area (TPSA) is 41.6 Å². The van der Waals surface area contributed by atoms with Gasteiger partial charge in [0.1, 0.15) is 0 Å². The first-order chi connectivity index (χ1) is 9.84. The molecular formula is C16H23ClN2O2. The molecule has 0 spiro atoms. The Labute approximate surface area is 132 Å². The molecule has 1 aromatic carbocycles. The molecule has 0 aromatic heterocycles. The third-order valence-electron chi connectivity index (χ3n) is 4.08. The molecule has 4 nitrogen and oxygen atoms in total. The summed E-state index contributed by atoms with van der Waals surface area (Å²) in [5, 5.41) is 3.36. The van der Waals surface area contributed by atoms with E-state index in [1.807, 2.05) is 11.0 Å². The van der Waals surface area contributed by atoms with Crippen molar-refractivity contribution >= 4 is 24.0 Å². The first-order valence-corrected chi connectivity index (χ1v) is 7.54. The normalized spacial score (nSPS) is 21.9. The predicted octanol–water partition coefficient (Wildman–Crippen LogP) is 2.16. The van der Waals surface area contributed by atoms with E-state index in [0.29, 0.717) is 13.0 Å². The second kappa shape index (κ2) is 7.78. The van der Waals surface area contributed by atoms with Crippen molar-refractivity contribution in [1.29, 1.82) is 0 Å². The van der Waals surface area contributed by atoms with E-state index >= 15 is 0 Å². The maximum Gasteiger partial charge on any atom is 0.228 e. The first-order valence-electron chi connectivity index (χ1n) is 7.54. The first kappa shape index (κ1) is 16.3. The summed E-state index contributed by atoms with van der Waals surface area (Å²) < 4.78 is 5.43. The molecule has 0 saturated carbocycles. The minimum absolute atomic E-state index is 0. The molecule has 5 heteroatoms. The number of ether oxygens (including phenoxy) is 1. The predicted molar refractivity (Wildman–Crippen MR) is 86.2 cm³/mol. The summed E-state index contributed by atoms with van der Waals surface area (Å²) in [5.41, 5.74) is 2.40. The van der Waals surface area contributed by atoms with E-state index in [1.165, 1.54) is 5.56 Å². The molecule has 1 fully saturated rings. The minimum atomic E-state index is 0. The molecule has 0 radical (unpaired) electrons. The van der Waals surface area contributed by atoms with Gasteiger partial charge in [0.05, 0.1) is 13.2 Å². The number of halogens is 1. The van der Waals surface area contributed by atoms with Crippen LogP contribution in [0.3, 0.4) is 0 Å². The van der Waals surface area contributed by atoms with E-state index in [9.17, 15) is 4.79 Å². The van der Waals surface area contributed by atoms with Gasteiger partial charge in [-0.15, -0.1) is 12.4 Å². The van der Waals surface area contributed by atoms with Crippen LogP contribution in [0.1, 0.15) is 24.8 Å². The lowest BCUT2D eigenvalue weighted by Crippen LogP contribution is -2.45. The molecular weight excluding hydrogens is 288 g/mol. The molecule has 0 aliphatic carbocycles. The number of amides is 1. The summed E-state index contributed by atoms with van der Waals surface area (Å²) in [6.07, 6.45) is 3.83. The number of hydrogen-bond acceptors (Lipinski definition) is 3. The number of fused-ring (bicyclic) bond motifs is 1. The van der Waals surface area contributed by atoms with Gasteiger partial charge in [-0.05, 0) is 30.9 Å². The summed E-state index contributed by atoms with van der Waals surface area (Å²) in [4.78, 5) is 14.6. The zero-order valence-electron chi connectivity index (χ0n) is 12.2. The van der Waals surface area contributed by atoms with Crippen LogP contribution in [0.5, 0.6) is 0 Å². The van der Waals surface area contributed by atoms with Crippen molar-refractivity contribution in [3.8, 4) is 0 Å². The summed E-state index contributed by atoms with van der Waals surface area (Å²) in [5.74, 6) is 0.211. The summed E-state index contributed by atoms with van der Waals surface area (Å²) in [6, 6.07) is 8.45. The van der Waals surface area contributed by atoms with Gasteiger partial charge >= 0.3 is 0 Å². The van der Waals surface area contributed by atoms with Crippen molar-refractivity contribution < 1.29 is 9.53 Å². The molecule has 1 unspecified atom stereocenters. The molecule has 2 aliphatic heterocycles. The molecule has 1 saturated heterocycles. The average Bonchev–Trinajstić information content (AvgIpc) is 2.70. The van der Waals surface area contributed by atoms with Gasteiger partial charge in [-0.1, -0.05) is 18.2 Å². The van der Waals surface area contributed by atoms with E-state index in [1.54, 1.807) is 0 Å². The summed E-state index contributed by atoms with van der Waals surface area (Å²) in [7, 11) is 0. The van der Waals surface area contributed by atoms with Crippen molar-refractivity contribution in [3.05, 3.63) is 29.8 Å². The van der Waals surface area contributed by atoms with Crippen molar-refractivity contribution in [3.63, 3.8) is 0 Å². The monoisotopic (exact) mass is 310 g/mol. The van der Waals surface area contributed by atoms with Gasteiger partial charge in [0.2, 0.25) is 5.91 Å². The number of carbonyl (C=O) groups excluding carboxylic acids is 1. The van der Waals surface area contributed by atoms with Crippen molar-refractivity contribution in [2.75, 3.05) is 31.2 Å². The molecule has 1 atom stereocenters. The lowest BCUT2D eigenvalue weighted by Gasteiger charge is -2.28. The number of nitrogens with one attached hydrogen (secondary N) is 1. The van der Waals surface area contributed by atoms with Crippen LogP contribution in [0.25, 0.3) is 0 Å². The van der Waals surface area contributed by atoms with Crippen LogP contribution < -0.4 is 10.2 Å². The lowest BCUT2D eigenvalue weighted by atomic mass is 10.1. The Bertz CT molecular complexity index is 475. The number of carbonyl (C=O) groups is 1. The lowest BCUT2D eigenvalue weighted by molar-refractivity contribution is -0.119. The van der Waals surface area contributed by atoms with Crippen molar-refractivity contribution in [2.45, 2.75) is 31.7 Å². The fraction of sp³-hybridized carbons (Fsp3) is 0.562. The Morgan fingerprint density at radius 3 is 3.00 bits per heavy atom. The fourth-order valence-electron chi connectivity index (χ4n) is 3.02. The Morgan fingerprint density at radius 1 is 1.33 bits per heavy atom. The number of rotatable bonds is 2. The third kappa shape index (κ3) is 3.96. The highest BCUT2D eigenvalue weighted by Crippen LogP contribution is 2.26. The molecule has 1 amide bonds. The summed E-state index contributed by atoms with van der Waals surface area (Å²) in [6.45, 7) is 3.07. The molecule has 3 rings (SSSR count). The SMILES string of the molecule is Cl.O=C(CC1COCCN1)N1CCCCc2ccccc21. The number of para-hydroxylation sites is 1. The van der Waals surface area contributed by atoms with Gasteiger partial charge in [0.15, 0.2) is 0 Å². The molecule has 21 heavy (non-hydrogen) atoms. The van der Waals surface area contributed by atoms with Crippen LogP contribution in [-0.4, -0.2) is 38.3 Å². The van der Waals surface area contributed by atoms with Crippen LogP contribution in [0.4, 0.5) is 5.69 Å². The van der Waals surface area contributed by atoms with E-state index in [-0.39, 0.29) is 24.4 Å². The smallest absolute Gasteiger partial charge is 0.228 e. The van der Waals surface area contributed by atoms with Crippen molar-refractivity contribution in [2.24, 2.45) is 0 Å². The van der Waals surface area contributed by atoms with E-state index in [2.05, 4.69) is 23.5 Å². The molecule has 0 bridgehead atoms. The highest BCUT2D eigenvalue weighted by Gasteiger charge is 2.24. The number of anilines is 1. The molecule has 2 aliphatic rings. The second-order valence-corrected chi connectivity index (χ2v) is 5.56. The van der Waals surface area contributed by atoms with Crippen LogP contribution in [0.15, 0.2) is 24.3 Å². The Balaban J connectivity index is 0.00000161.